The van der Waals surface area contributed by atoms with Crippen molar-refractivity contribution in [2.75, 3.05) is 5.32 Å². The average Bonchev–Trinajstić information content (AvgIpc) is 3.07. The molecule has 3 heterocycles. The molecule has 0 aliphatic rings. The molecule has 24 heavy (non-hydrogen) atoms. The fourth-order valence-electron chi connectivity index (χ4n) is 2.80. The Bertz CT molecular complexity index is 909. The van der Waals surface area contributed by atoms with Crippen LogP contribution in [-0.4, -0.2) is 14.4 Å². The van der Waals surface area contributed by atoms with Crippen LogP contribution in [0.25, 0.3) is 16.9 Å². The van der Waals surface area contributed by atoms with Gasteiger partial charge in [-0.25, -0.2) is 4.98 Å². The third-order valence-corrected chi connectivity index (χ3v) is 4.13. The number of pyridine rings is 2. The van der Waals surface area contributed by atoms with Gasteiger partial charge in [-0.05, 0) is 48.9 Å². The molecule has 1 aromatic carbocycles. The maximum atomic E-state index is 4.66. The van der Waals surface area contributed by atoms with E-state index in [-0.39, 0.29) is 6.04 Å². The van der Waals surface area contributed by atoms with Gasteiger partial charge in [-0.15, -0.1) is 0 Å². The lowest BCUT2D eigenvalue weighted by atomic mass is 10.1. The number of imidazole rings is 1. The summed E-state index contributed by atoms with van der Waals surface area (Å²) in [5.74, 6) is 0. The summed E-state index contributed by atoms with van der Waals surface area (Å²) in [5, 5.41) is 3.51. The number of rotatable bonds is 4. The number of hydrogen-bond donors (Lipinski definition) is 1. The van der Waals surface area contributed by atoms with E-state index in [1.54, 1.807) is 0 Å². The molecule has 0 aliphatic heterocycles. The second-order valence-corrected chi connectivity index (χ2v) is 5.82. The molecule has 1 N–H and O–H groups in total. The van der Waals surface area contributed by atoms with Crippen molar-refractivity contribution < 1.29 is 0 Å². The van der Waals surface area contributed by atoms with Crippen molar-refractivity contribution in [3.8, 4) is 11.3 Å². The first kappa shape index (κ1) is 14.5. The summed E-state index contributed by atoms with van der Waals surface area (Å²) in [7, 11) is 0. The van der Waals surface area contributed by atoms with Crippen molar-refractivity contribution in [1.29, 1.82) is 0 Å². The van der Waals surface area contributed by atoms with Crippen molar-refractivity contribution in [2.45, 2.75) is 13.0 Å². The van der Waals surface area contributed by atoms with Crippen LogP contribution in [-0.2, 0) is 0 Å². The van der Waals surface area contributed by atoms with Gasteiger partial charge >= 0.3 is 0 Å². The molecule has 0 saturated heterocycles. The Kier molecular flexibility index (Phi) is 3.71. The van der Waals surface area contributed by atoms with Crippen LogP contribution in [0.4, 0.5) is 5.69 Å². The quantitative estimate of drug-likeness (QED) is 0.600. The fourth-order valence-corrected chi connectivity index (χ4v) is 2.80. The summed E-state index contributed by atoms with van der Waals surface area (Å²) in [6.45, 7) is 2.14. The molecule has 0 saturated carbocycles. The van der Waals surface area contributed by atoms with E-state index in [0.29, 0.717) is 0 Å². The van der Waals surface area contributed by atoms with Gasteiger partial charge in [-0.1, -0.05) is 18.2 Å². The SMILES string of the molecule is CC(Nc1ccc(-c2cn3ccccc3n2)cc1)c1ccncc1. The molecule has 118 valence electrons. The Morgan fingerprint density at radius 1 is 0.958 bits per heavy atom. The molecule has 0 aliphatic carbocycles. The molecule has 1 unspecified atom stereocenters. The molecular weight excluding hydrogens is 296 g/mol. The lowest BCUT2D eigenvalue weighted by Gasteiger charge is -2.15. The third-order valence-electron chi connectivity index (χ3n) is 4.13. The first-order valence-electron chi connectivity index (χ1n) is 8.00. The Labute approximate surface area is 140 Å². The summed E-state index contributed by atoms with van der Waals surface area (Å²) < 4.78 is 2.03. The smallest absolute Gasteiger partial charge is 0.137 e. The van der Waals surface area contributed by atoms with Gasteiger partial charge < -0.3 is 9.72 Å². The highest BCUT2D eigenvalue weighted by atomic mass is 15.0. The van der Waals surface area contributed by atoms with Crippen LogP contribution in [0.15, 0.2) is 79.4 Å². The zero-order valence-corrected chi connectivity index (χ0v) is 13.4. The first-order valence-corrected chi connectivity index (χ1v) is 8.00. The summed E-state index contributed by atoms with van der Waals surface area (Å²) in [5.41, 5.74) is 5.36. The van der Waals surface area contributed by atoms with Gasteiger partial charge in [0.05, 0.1) is 5.69 Å². The number of fused-ring (bicyclic) bond motifs is 1. The van der Waals surface area contributed by atoms with E-state index in [1.165, 1.54) is 5.56 Å². The van der Waals surface area contributed by atoms with E-state index in [4.69, 9.17) is 0 Å². The van der Waals surface area contributed by atoms with Gasteiger partial charge in [-0.3, -0.25) is 4.98 Å². The van der Waals surface area contributed by atoms with Crippen LogP contribution in [0.3, 0.4) is 0 Å². The number of benzene rings is 1. The number of hydrogen-bond acceptors (Lipinski definition) is 3. The molecule has 0 amide bonds. The Balaban J connectivity index is 1.54. The van der Waals surface area contributed by atoms with E-state index < -0.39 is 0 Å². The molecule has 4 heteroatoms. The van der Waals surface area contributed by atoms with Crippen LogP contribution in [0.1, 0.15) is 18.5 Å². The molecule has 0 fully saturated rings. The lowest BCUT2D eigenvalue weighted by Crippen LogP contribution is -2.06. The van der Waals surface area contributed by atoms with Gasteiger partial charge in [0.2, 0.25) is 0 Å². The predicted molar refractivity (Wildman–Crippen MR) is 96.9 cm³/mol. The normalized spacial score (nSPS) is 12.2. The van der Waals surface area contributed by atoms with Gasteiger partial charge in [0, 0.05) is 42.1 Å². The Hall–Kier alpha value is -3.14. The van der Waals surface area contributed by atoms with E-state index in [2.05, 4.69) is 52.7 Å². The summed E-state index contributed by atoms with van der Waals surface area (Å²) >= 11 is 0. The molecule has 0 bridgehead atoms. The molecule has 4 rings (SSSR count). The highest BCUT2D eigenvalue weighted by Gasteiger charge is 2.06. The van der Waals surface area contributed by atoms with E-state index in [1.807, 2.05) is 53.3 Å². The first-order chi connectivity index (χ1) is 11.8. The fraction of sp³-hybridized carbons (Fsp3) is 0.100. The topological polar surface area (TPSA) is 42.2 Å². The maximum Gasteiger partial charge on any atom is 0.137 e. The monoisotopic (exact) mass is 314 g/mol. The minimum atomic E-state index is 0.231. The number of nitrogens with one attached hydrogen (secondary N) is 1. The van der Waals surface area contributed by atoms with Crippen LogP contribution in [0.5, 0.6) is 0 Å². The Morgan fingerprint density at radius 3 is 2.50 bits per heavy atom. The minimum absolute atomic E-state index is 0.231. The van der Waals surface area contributed by atoms with Crippen LogP contribution >= 0.6 is 0 Å². The largest absolute Gasteiger partial charge is 0.379 e. The lowest BCUT2D eigenvalue weighted by molar-refractivity contribution is 0.881. The molecule has 3 aromatic heterocycles. The van der Waals surface area contributed by atoms with E-state index in [9.17, 15) is 0 Å². The average molecular weight is 314 g/mol. The zero-order chi connectivity index (χ0) is 16.4. The summed E-state index contributed by atoms with van der Waals surface area (Å²) in [6.07, 6.45) is 7.70. The molecule has 4 aromatic rings. The summed E-state index contributed by atoms with van der Waals surface area (Å²) in [6, 6.07) is 18.7. The van der Waals surface area contributed by atoms with Crippen molar-refractivity contribution in [3.05, 3.63) is 84.9 Å². The minimum Gasteiger partial charge on any atom is -0.379 e. The number of aromatic nitrogens is 3. The van der Waals surface area contributed by atoms with Gasteiger partial charge in [0.1, 0.15) is 5.65 Å². The molecule has 0 spiro atoms. The van der Waals surface area contributed by atoms with Crippen LogP contribution in [0.2, 0.25) is 0 Å². The van der Waals surface area contributed by atoms with Crippen LogP contribution in [0, 0.1) is 0 Å². The molecule has 4 nitrogen and oxygen atoms in total. The van der Waals surface area contributed by atoms with Crippen molar-refractivity contribution in [1.82, 2.24) is 14.4 Å². The molecule has 0 radical (unpaired) electrons. The predicted octanol–water partition coefficient (Wildman–Crippen LogP) is 4.57. The maximum absolute atomic E-state index is 4.66. The van der Waals surface area contributed by atoms with Gasteiger partial charge in [0.25, 0.3) is 0 Å². The second-order valence-electron chi connectivity index (χ2n) is 5.82. The Morgan fingerprint density at radius 2 is 1.75 bits per heavy atom. The third kappa shape index (κ3) is 2.86. The van der Waals surface area contributed by atoms with Gasteiger partial charge in [-0.2, -0.15) is 0 Å². The van der Waals surface area contributed by atoms with Crippen molar-refractivity contribution >= 4 is 11.3 Å². The highest BCUT2D eigenvalue weighted by molar-refractivity contribution is 5.65. The number of anilines is 1. The standard InChI is InChI=1S/C20H18N4/c1-15(16-9-11-21-12-10-16)22-18-7-5-17(6-8-18)19-14-24-13-3-2-4-20(24)23-19/h2-15,22H,1H3. The summed E-state index contributed by atoms with van der Waals surface area (Å²) in [4.78, 5) is 8.72. The van der Waals surface area contributed by atoms with E-state index >= 15 is 0 Å². The highest BCUT2D eigenvalue weighted by Crippen LogP contribution is 2.23. The zero-order valence-electron chi connectivity index (χ0n) is 13.4. The van der Waals surface area contributed by atoms with Gasteiger partial charge in [0.15, 0.2) is 0 Å². The molecule has 1 atom stereocenters. The second kappa shape index (κ2) is 6.16. The number of nitrogens with zero attached hydrogens (tertiary/aromatic N) is 3. The van der Waals surface area contributed by atoms with Crippen LogP contribution < -0.4 is 5.32 Å². The van der Waals surface area contributed by atoms with Crippen molar-refractivity contribution in [2.24, 2.45) is 0 Å². The van der Waals surface area contributed by atoms with Crippen molar-refractivity contribution in [3.63, 3.8) is 0 Å². The molecular formula is C20H18N4. The van der Waals surface area contributed by atoms with E-state index in [0.717, 1.165) is 22.6 Å².